The first kappa shape index (κ1) is 25.8. The van der Waals surface area contributed by atoms with Gasteiger partial charge in [-0.25, -0.2) is 4.98 Å². The molecule has 0 spiro atoms. The van der Waals surface area contributed by atoms with Crippen molar-refractivity contribution in [2.24, 2.45) is 5.92 Å². The summed E-state index contributed by atoms with van der Waals surface area (Å²) in [5, 5.41) is 17.8. The molecule has 2 heterocycles. The van der Waals surface area contributed by atoms with Crippen molar-refractivity contribution in [3.05, 3.63) is 78.0 Å². The van der Waals surface area contributed by atoms with Gasteiger partial charge in [0, 0.05) is 18.5 Å². The smallest absolute Gasteiger partial charge is 0.270 e. The van der Waals surface area contributed by atoms with Crippen molar-refractivity contribution in [3.8, 4) is 0 Å². The number of fused-ring (bicyclic) bond motifs is 1. The number of pyridine rings is 1. The van der Waals surface area contributed by atoms with Crippen LogP contribution in [0.15, 0.2) is 66.7 Å². The lowest BCUT2D eigenvalue weighted by molar-refractivity contribution is -0.125. The molecule has 2 unspecified atom stereocenters. The topological polar surface area (TPSA) is 94.6 Å². The number of benzene rings is 2. The van der Waals surface area contributed by atoms with Crippen LogP contribution >= 0.6 is 0 Å². The van der Waals surface area contributed by atoms with Gasteiger partial charge in [0.2, 0.25) is 5.91 Å². The van der Waals surface area contributed by atoms with Crippen molar-refractivity contribution < 1.29 is 14.7 Å². The number of nitrogens with one attached hydrogen (secondary N) is 2. The Kier molecular flexibility index (Phi) is 8.67. The van der Waals surface area contributed by atoms with Gasteiger partial charge in [0.05, 0.1) is 17.7 Å². The van der Waals surface area contributed by atoms with E-state index in [1.165, 1.54) is 5.56 Å². The van der Waals surface area contributed by atoms with Gasteiger partial charge in [-0.15, -0.1) is 0 Å². The number of amides is 2. The second kappa shape index (κ2) is 12.1. The molecule has 2 aromatic carbocycles. The summed E-state index contributed by atoms with van der Waals surface area (Å²) in [4.78, 5) is 33.0. The summed E-state index contributed by atoms with van der Waals surface area (Å²) in [5.74, 6) is -0.443. The fourth-order valence-corrected chi connectivity index (χ4v) is 4.77. The first-order chi connectivity index (χ1) is 17.4. The van der Waals surface area contributed by atoms with Crippen LogP contribution in [0.4, 0.5) is 0 Å². The number of rotatable bonds is 8. The molecular formula is C29H36N4O3. The third-order valence-electron chi connectivity index (χ3n) is 6.64. The summed E-state index contributed by atoms with van der Waals surface area (Å²) in [5.41, 5.74) is 2.21. The average molecular weight is 489 g/mol. The molecule has 4 rings (SSSR count). The number of nitrogens with zero attached hydrogens (tertiary/aromatic N) is 2. The number of hydrogen-bond acceptors (Lipinski definition) is 5. The van der Waals surface area contributed by atoms with Crippen LogP contribution in [-0.4, -0.2) is 58.1 Å². The lowest BCUT2D eigenvalue weighted by Crippen LogP contribution is -2.53. The van der Waals surface area contributed by atoms with Gasteiger partial charge in [-0.05, 0) is 49.4 Å². The Bertz CT molecular complexity index is 1170. The maximum absolute atomic E-state index is 13.3. The summed E-state index contributed by atoms with van der Waals surface area (Å²) in [6, 6.07) is 20.3. The van der Waals surface area contributed by atoms with Gasteiger partial charge >= 0.3 is 0 Å². The molecule has 0 saturated carbocycles. The molecule has 1 fully saturated rings. The maximum atomic E-state index is 13.3. The molecular weight excluding hydrogens is 452 g/mol. The van der Waals surface area contributed by atoms with E-state index in [0.717, 1.165) is 30.4 Å². The Morgan fingerprint density at radius 2 is 1.81 bits per heavy atom. The van der Waals surface area contributed by atoms with Gasteiger partial charge in [0.1, 0.15) is 11.7 Å². The van der Waals surface area contributed by atoms with Crippen molar-refractivity contribution in [3.63, 3.8) is 0 Å². The zero-order chi connectivity index (χ0) is 25.5. The number of β-amino-alcohol motifs (C(OH)–C–C–N with tert-alkyl or cyclic N) is 1. The highest BCUT2D eigenvalue weighted by atomic mass is 16.3. The third-order valence-corrected chi connectivity index (χ3v) is 6.64. The minimum absolute atomic E-state index is 0.200. The van der Waals surface area contributed by atoms with E-state index in [9.17, 15) is 14.7 Å². The first-order valence-electron chi connectivity index (χ1n) is 12.8. The van der Waals surface area contributed by atoms with Crippen molar-refractivity contribution >= 4 is 22.7 Å². The van der Waals surface area contributed by atoms with E-state index in [1.54, 1.807) is 6.07 Å². The summed E-state index contributed by atoms with van der Waals surface area (Å²) >= 11 is 0. The van der Waals surface area contributed by atoms with Crippen LogP contribution in [0.25, 0.3) is 10.9 Å². The number of carbonyl (C=O) groups is 2. The number of para-hydroxylation sites is 1. The summed E-state index contributed by atoms with van der Waals surface area (Å²) in [6.07, 6.45) is 1.37. The quantitative estimate of drug-likeness (QED) is 0.451. The first-order valence-corrected chi connectivity index (χ1v) is 12.8. The second-order valence-electron chi connectivity index (χ2n) is 10.1. The molecule has 0 aliphatic carbocycles. The molecule has 1 saturated heterocycles. The lowest BCUT2D eigenvalue weighted by atomic mass is 10.0. The van der Waals surface area contributed by atoms with Crippen molar-refractivity contribution in [1.82, 2.24) is 20.5 Å². The van der Waals surface area contributed by atoms with Crippen LogP contribution in [0.5, 0.6) is 0 Å². The second-order valence-corrected chi connectivity index (χ2v) is 10.1. The van der Waals surface area contributed by atoms with E-state index >= 15 is 0 Å². The zero-order valence-corrected chi connectivity index (χ0v) is 21.1. The van der Waals surface area contributed by atoms with E-state index in [-0.39, 0.29) is 29.5 Å². The largest absolute Gasteiger partial charge is 0.390 e. The molecule has 3 aromatic rings. The highest BCUT2D eigenvalue weighted by Gasteiger charge is 2.30. The molecule has 7 heteroatoms. The van der Waals surface area contributed by atoms with Crippen molar-refractivity contribution in [1.29, 1.82) is 0 Å². The van der Waals surface area contributed by atoms with Crippen LogP contribution < -0.4 is 10.6 Å². The van der Waals surface area contributed by atoms with Crippen molar-refractivity contribution in [2.45, 2.75) is 57.8 Å². The molecule has 36 heavy (non-hydrogen) atoms. The van der Waals surface area contributed by atoms with Crippen molar-refractivity contribution in [2.75, 3.05) is 13.1 Å². The van der Waals surface area contributed by atoms with Gasteiger partial charge in [-0.1, -0.05) is 68.4 Å². The predicted octanol–water partition coefficient (Wildman–Crippen LogP) is 3.52. The number of hydrogen-bond donors (Lipinski definition) is 3. The molecule has 1 aliphatic rings. The predicted molar refractivity (Wildman–Crippen MR) is 141 cm³/mol. The Morgan fingerprint density at radius 3 is 2.58 bits per heavy atom. The number of carbonyl (C=O) groups excluding carboxylic acids is 2. The molecule has 1 aromatic heterocycles. The molecule has 3 atom stereocenters. The average Bonchev–Trinajstić information content (AvgIpc) is 3.04. The Labute approximate surface area is 212 Å². The minimum atomic E-state index is -0.707. The Balaban J connectivity index is 1.39. The van der Waals surface area contributed by atoms with E-state index < -0.39 is 12.1 Å². The normalized spacial score (nSPS) is 19.6. The Hall–Kier alpha value is -3.29. The number of aromatic nitrogens is 1. The minimum Gasteiger partial charge on any atom is -0.390 e. The monoisotopic (exact) mass is 488 g/mol. The van der Waals surface area contributed by atoms with Crippen LogP contribution in [0.3, 0.4) is 0 Å². The van der Waals surface area contributed by atoms with Crippen LogP contribution in [-0.2, 0) is 11.3 Å². The van der Waals surface area contributed by atoms with E-state index in [4.69, 9.17) is 0 Å². The van der Waals surface area contributed by atoms with Gasteiger partial charge in [0.15, 0.2) is 0 Å². The highest BCUT2D eigenvalue weighted by Crippen LogP contribution is 2.16. The molecule has 2 amide bonds. The van der Waals surface area contributed by atoms with E-state index in [2.05, 4.69) is 32.7 Å². The third kappa shape index (κ3) is 6.89. The van der Waals surface area contributed by atoms with Crippen LogP contribution in [0.1, 0.15) is 49.2 Å². The fraction of sp³-hybridized carbons (Fsp3) is 0.414. The summed E-state index contributed by atoms with van der Waals surface area (Å²) < 4.78 is 0. The van der Waals surface area contributed by atoms with Gasteiger partial charge in [0.25, 0.3) is 5.91 Å². The molecule has 0 bridgehead atoms. The fourth-order valence-electron chi connectivity index (χ4n) is 4.77. The molecule has 190 valence electrons. The van der Waals surface area contributed by atoms with Gasteiger partial charge < -0.3 is 15.7 Å². The van der Waals surface area contributed by atoms with Crippen LogP contribution in [0, 0.1) is 5.92 Å². The van der Waals surface area contributed by atoms with E-state index in [0.29, 0.717) is 19.4 Å². The van der Waals surface area contributed by atoms with E-state index in [1.807, 2.05) is 62.4 Å². The lowest BCUT2D eigenvalue weighted by Gasteiger charge is -2.27. The number of aliphatic hydroxyl groups is 1. The molecule has 3 N–H and O–H groups in total. The Morgan fingerprint density at radius 1 is 1.06 bits per heavy atom. The maximum Gasteiger partial charge on any atom is 0.270 e. The molecule has 1 aliphatic heterocycles. The van der Waals surface area contributed by atoms with Gasteiger partial charge in [-0.2, -0.15) is 0 Å². The summed E-state index contributed by atoms with van der Waals surface area (Å²) in [7, 11) is 0. The molecule has 0 radical (unpaired) electrons. The SMILES string of the molecule is CC(C)C[C@H](NC(=O)c1ccc2ccccc2n1)C(=O)NC1CCCN(Cc2ccccc2)CC1O. The van der Waals surface area contributed by atoms with Gasteiger partial charge in [-0.3, -0.25) is 14.5 Å². The van der Waals surface area contributed by atoms with Crippen LogP contribution in [0.2, 0.25) is 0 Å². The summed E-state index contributed by atoms with van der Waals surface area (Å²) in [6.45, 7) is 6.15. The highest BCUT2D eigenvalue weighted by molar-refractivity contribution is 5.97. The zero-order valence-electron chi connectivity index (χ0n) is 21.1. The number of likely N-dealkylation sites (tertiary alicyclic amines) is 1. The standard InChI is InChI=1S/C29H36N4O3/c1-20(2)17-26(32-28(35)25-15-14-22-11-6-7-12-23(22)30-25)29(36)31-24-13-8-16-33(19-27(24)34)18-21-9-4-3-5-10-21/h3-7,9-12,14-15,20,24,26-27,34H,8,13,16-19H2,1-2H3,(H,31,36)(H,32,35)/t24?,26-,27?/m0/s1. The number of aliphatic hydroxyl groups excluding tert-OH is 1. The molecule has 7 nitrogen and oxygen atoms in total.